The minimum Gasteiger partial charge on any atom is -0.367 e. The van der Waals surface area contributed by atoms with Gasteiger partial charge in [0, 0.05) is 12.7 Å². The summed E-state index contributed by atoms with van der Waals surface area (Å²) in [5, 5.41) is 4.36. The minimum atomic E-state index is 0.165. The zero-order valence-electron chi connectivity index (χ0n) is 8.01. The third-order valence-corrected chi connectivity index (χ3v) is 3.41. The molecule has 1 unspecified atom stereocenters. The van der Waals surface area contributed by atoms with Crippen molar-refractivity contribution >= 4 is 40.6 Å². The molecule has 1 aliphatic carbocycles. The molecule has 0 amide bonds. The Labute approximate surface area is 104 Å². The molecule has 0 aliphatic heterocycles. The van der Waals surface area contributed by atoms with Gasteiger partial charge >= 0.3 is 0 Å². The van der Waals surface area contributed by atoms with E-state index in [1.165, 1.54) is 12.8 Å². The number of rotatable bonds is 4. The Bertz CT molecular complexity index is 353. The molecule has 15 heavy (non-hydrogen) atoms. The molecule has 1 aromatic rings. The SMILES string of the molecule is Clc1cnc(NCC(Cl)C2CC2)c(Cl)c1. The highest BCUT2D eigenvalue weighted by molar-refractivity contribution is 6.35. The van der Waals surface area contributed by atoms with Crippen LogP contribution >= 0.6 is 34.8 Å². The Kier molecular flexibility index (Phi) is 3.60. The normalized spacial score (nSPS) is 17.5. The van der Waals surface area contributed by atoms with Crippen molar-refractivity contribution in [1.29, 1.82) is 0 Å². The minimum absolute atomic E-state index is 0.165. The lowest BCUT2D eigenvalue weighted by molar-refractivity contribution is 0.768. The van der Waals surface area contributed by atoms with E-state index in [0.29, 0.717) is 28.3 Å². The number of halogens is 3. The van der Waals surface area contributed by atoms with Crippen molar-refractivity contribution in [2.45, 2.75) is 18.2 Å². The molecule has 2 rings (SSSR count). The average Bonchev–Trinajstić information content (AvgIpc) is 2.99. The van der Waals surface area contributed by atoms with Gasteiger partial charge in [0.1, 0.15) is 5.82 Å². The summed E-state index contributed by atoms with van der Waals surface area (Å²) in [6.45, 7) is 0.695. The van der Waals surface area contributed by atoms with Crippen molar-refractivity contribution in [2.75, 3.05) is 11.9 Å². The fourth-order valence-electron chi connectivity index (χ4n) is 1.36. The number of pyridine rings is 1. The fourth-order valence-corrected chi connectivity index (χ4v) is 2.14. The van der Waals surface area contributed by atoms with Gasteiger partial charge in [0.2, 0.25) is 0 Å². The molecule has 1 atom stereocenters. The molecular weight excluding hydrogens is 254 g/mol. The molecule has 2 nitrogen and oxygen atoms in total. The van der Waals surface area contributed by atoms with E-state index in [2.05, 4.69) is 10.3 Å². The Morgan fingerprint density at radius 1 is 1.47 bits per heavy atom. The maximum atomic E-state index is 6.15. The van der Waals surface area contributed by atoms with E-state index in [4.69, 9.17) is 34.8 Å². The number of aromatic nitrogens is 1. The van der Waals surface area contributed by atoms with Gasteiger partial charge in [-0.3, -0.25) is 0 Å². The molecule has 82 valence electrons. The van der Waals surface area contributed by atoms with Crippen LogP contribution in [0, 0.1) is 5.92 Å². The zero-order valence-corrected chi connectivity index (χ0v) is 10.3. The molecule has 0 saturated heterocycles. The van der Waals surface area contributed by atoms with E-state index in [1.54, 1.807) is 12.3 Å². The quantitative estimate of drug-likeness (QED) is 0.837. The van der Waals surface area contributed by atoms with E-state index in [0.717, 1.165) is 0 Å². The second kappa shape index (κ2) is 4.77. The molecule has 1 aliphatic rings. The summed E-state index contributed by atoms with van der Waals surface area (Å²) in [6, 6.07) is 1.67. The highest BCUT2D eigenvalue weighted by Gasteiger charge is 2.29. The van der Waals surface area contributed by atoms with E-state index in [1.807, 2.05) is 0 Å². The highest BCUT2D eigenvalue weighted by Crippen LogP contribution is 2.35. The Hall–Kier alpha value is -0.180. The van der Waals surface area contributed by atoms with Crippen molar-refractivity contribution in [3.63, 3.8) is 0 Å². The van der Waals surface area contributed by atoms with Crippen molar-refractivity contribution in [3.8, 4) is 0 Å². The first-order valence-corrected chi connectivity index (χ1v) is 6.05. The number of hydrogen-bond donors (Lipinski definition) is 1. The molecule has 0 radical (unpaired) electrons. The number of alkyl halides is 1. The van der Waals surface area contributed by atoms with Crippen LogP contribution in [0.25, 0.3) is 0 Å². The van der Waals surface area contributed by atoms with Crippen molar-refractivity contribution in [2.24, 2.45) is 5.92 Å². The van der Waals surface area contributed by atoms with Gasteiger partial charge in [0.05, 0.1) is 15.4 Å². The Balaban J connectivity index is 1.92. The third kappa shape index (κ3) is 3.13. The summed E-state index contributed by atoms with van der Waals surface area (Å²) in [5.41, 5.74) is 0. The molecule has 1 saturated carbocycles. The summed E-state index contributed by atoms with van der Waals surface area (Å²) in [5.74, 6) is 1.30. The summed E-state index contributed by atoms with van der Waals surface area (Å²) in [6.07, 6.45) is 4.03. The number of hydrogen-bond acceptors (Lipinski definition) is 2. The van der Waals surface area contributed by atoms with Crippen molar-refractivity contribution in [3.05, 3.63) is 22.3 Å². The third-order valence-electron chi connectivity index (χ3n) is 2.41. The summed E-state index contributed by atoms with van der Waals surface area (Å²) in [7, 11) is 0. The van der Waals surface area contributed by atoms with Crippen molar-refractivity contribution < 1.29 is 0 Å². The highest BCUT2D eigenvalue weighted by atomic mass is 35.5. The van der Waals surface area contributed by atoms with Gasteiger partial charge in [0.15, 0.2) is 0 Å². The number of anilines is 1. The predicted octanol–water partition coefficient (Wildman–Crippen LogP) is 3.82. The molecule has 5 heteroatoms. The monoisotopic (exact) mass is 264 g/mol. The maximum Gasteiger partial charge on any atom is 0.144 e. The van der Waals surface area contributed by atoms with Crippen LogP contribution in [0.15, 0.2) is 12.3 Å². The van der Waals surface area contributed by atoms with Gasteiger partial charge in [-0.25, -0.2) is 4.98 Å². The maximum absolute atomic E-state index is 6.15. The van der Waals surface area contributed by atoms with Gasteiger partial charge in [-0.2, -0.15) is 0 Å². The summed E-state index contributed by atoms with van der Waals surface area (Å²) < 4.78 is 0. The van der Waals surface area contributed by atoms with Crippen LogP contribution in [0.5, 0.6) is 0 Å². The molecule has 0 bridgehead atoms. The number of nitrogens with one attached hydrogen (secondary N) is 1. The first kappa shape index (κ1) is 11.3. The zero-order chi connectivity index (χ0) is 10.8. The topological polar surface area (TPSA) is 24.9 Å². The fraction of sp³-hybridized carbons (Fsp3) is 0.500. The molecule has 1 heterocycles. The second-order valence-corrected chi connectivity index (χ2v) is 5.12. The van der Waals surface area contributed by atoms with E-state index >= 15 is 0 Å². The molecular formula is C10H11Cl3N2. The molecule has 1 aromatic heterocycles. The van der Waals surface area contributed by atoms with Crippen LogP contribution in [0.2, 0.25) is 10.0 Å². The summed E-state index contributed by atoms with van der Waals surface area (Å²) in [4.78, 5) is 4.10. The molecule has 1 N–H and O–H groups in total. The molecule has 0 aromatic carbocycles. The first-order chi connectivity index (χ1) is 7.16. The largest absolute Gasteiger partial charge is 0.367 e. The van der Waals surface area contributed by atoms with Crippen LogP contribution in [-0.2, 0) is 0 Å². The molecule has 0 spiro atoms. The lowest BCUT2D eigenvalue weighted by Crippen LogP contribution is -2.16. The van der Waals surface area contributed by atoms with Crippen LogP contribution in [0.4, 0.5) is 5.82 Å². The van der Waals surface area contributed by atoms with E-state index < -0.39 is 0 Å². The van der Waals surface area contributed by atoms with Gasteiger partial charge < -0.3 is 5.32 Å². The average molecular weight is 266 g/mol. The predicted molar refractivity (Wildman–Crippen MR) is 65.1 cm³/mol. The number of nitrogens with zero attached hydrogens (tertiary/aromatic N) is 1. The Morgan fingerprint density at radius 2 is 2.20 bits per heavy atom. The van der Waals surface area contributed by atoms with Crippen LogP contribution < -0.4 is 5.32 Å². The lowest BCUT2D eigenvalue weighted by atomic mass is 10.3. The van der Waals surface area contributed by atoms with Crippen LogP contribution in [0.1, 0.15) is 12.8 Å². The van der Waals surface area contributed by atoms with E-state index in [9.17, 15) is 0 Å². The van der Waals surface area contributed by atoms with Crippen LogP contribution in [-0.4, -0.2) is 16.9 Å². The summed E-state index contributed by atoms with van der Waals surface area (Å²) >= 11 is 17.8. The van der Waals surface area contributed by atoms with Gasteiger partial charge in [0.25, 0.3) is 0 Å². The van der Waals surface area contributed by atoms with Gasteiger partial charge in [-0.1, -0.05) is 23.2 Å². The standard InChI is InChI=1S/C10H11Cl3N2/c11-7-3-8(12)10(14-4-7)15-5-9(13)6-1-2-6/h3-4,6,9H,1-2,5H2,(H,14,15). The Morgan fingerprint density at radius 3 is 2.80 bits per heavy atom. The van der Waals surface area contributed by atoms with E-state index in [-0.39, 0.29) is 5.38 Å². The first-order valence-electron chi connectivity index (χ1n) is 4.86. The van der Waals surface area contributed by atoms with Crippen LogP contribution in [0.3, 0.4) is 0 Å². The smallest absolute Gasteiger partial charge is 0.144 e. The lowest BCUT2D eigenvalue weighted by Gasteiger charge is -2.11. The molecule has 1 fully saturated rings. The van der Waals surface area contributed by atoms with Gasteiger partial charge in [-0.15, -0.1) is 11.6 Å². The second-order valence-electron chi connectivity index (χ2n) is 3.72. The van der Waals surface area contributed by atoms with Gasteiger partial charge in [-0.05, 0) is 24.8 Å². The van der Waals surface area contributed by atoms with Crippen molar-refractivity contribution in [1.82, 2.24) is 4.98 Å².